The van der Waals surface area contributed by atoms with Crippen LogP contribution in [-0.2, 0) is 16.1 Å². The van der Waals surface area contributed by atoms with Crippen LogP contribution in [0.3, 0.4) is 0 Å². The number of ether oxygens (including phenoxy) is 1. The van der Waals surface area contributed by atoms with Gasteiger partial charge in [-0.1, -0.05) is 30.3 Å². The van der Waals surface area contributed by atoms with Crippen LogP contribution in [0.4, 0.5) is 0 Å². The fraction of sp³-hybridized carbons (Fsp3) is 0.562. The number of carboxylic acids is 1. The standard InChI is InChI=1S/C16H23NO3/c1-12-8-15(20-11-16(18)19)9-13(2)17(12)10-14-6-4-3-5-7-14/h3-7,12-13,15H,8-11H2,1-2H3,(H,18,19)/t12-,13+,15?. The van der Waals surface area contributed by atoms with Crippen molar-refractivity contribution in [1.29, 1.82) is 0 Å². The lowest BCUT2D eigenvalue weighted by Crippen LogP contribution is -2.48. The summed E-state index contributed by atoms with van der Waals surface area (Å²) in [5.41, 5.74) is 1.32. The molecule has 1 saturated heterocycles. The van der Waals surface area contributed by atoms with Crippen LogP contribution in [0.2, 0.25) is 0 Å². The highest BCUT2D eigenvalue weighted by Gasteiger charge is 2.31. The summed E-state index contributed by atoms with van der Waals surface area (Å²) in [6.45, 7) is 5.13. The summed E-state index contributed by atoms with van der Waals surface area (Å²) in [5, 5.41) is 8.69. The predicted octanol–water partition coefficient (Wildman–Crippen LogP) is 2.53. The topological polar surface area (TPSA) is 49.8 Å². The van der Waals surface area contributed by atoms with Crippen LogP contribution in [0.25, 0.3) is 0 Å². The Labute approximate surface area is 120 Å². The number of carbonyl (C=O) groups is 1. The third kappa shape index (κ3) is 4.05. The summed E-state index contributed by atoms with van der Waals surface area (Å²) < 4.78 is 5.46. The van der Waals surface area contributed by atoms with Crippen LogP contribution >= 0.6 is 0 Å². The Morgan fingerprint density at radius 2 is 1.85 bits per heavy atom. The van der Waals surface area contributed by atoms with Gasteiger partial charge >= 0.3 is 5.97 Å². The zero-order valence-electron chi connectivity index (χ0n) is 12.2. The predicted molar refractivity (Wildman–Crippen MR) is 77.5 cm³/mol. The van der Waals surface area contributed by atoms with E-state index in [1.807, 2.05) is 6.07 Å². The highest BCUT2D eigenvalue weighted by atomic mass is 16.5. The minimum Gasteiger partial charge on any atom is -0.480 e. The van der Waals surface area contributed by atoms with E-state index >= 15 is 0 Å². The zero-order chi connectivity index (χ0) is 14.5. The van der Waals surface area contributed by atoms with Gasteiger partial charge in [0.15, 0.2) is 0 Å². The van der Waals surface area contributed by atoms with Crippen LogP contribution in [0.1, 0.15) is 32.3 Å². The number of likely N-dealkylation sites (tertiary alicyclic amines) is 1. The van der Waals surface area contributed by atoms with Gasteiger partial charge in [0.05, 0.1) is 6.10 Å². The Morgan fingerprint density at radius 1 is 1.25 bits per heavy atom. The van der Waals surface area contributed by atoms with Gasteiger partial charge in [-0.25, -0.2) is 4.79 Å². The molecule has 4 nitrogen and oxygen atoms in total. The van der Waals surface area contributed by atoms with Crippen molar-refractivity contribution in [2.75, 3.05) is 6.61 Å². The lowest BCUT2D eigenvalue weighted by molar-refractivity contribution is -0.146. The second-order valence-corrected chi connectivity index (χ2v) is 5.65. The SMILES string of the molecule is C[C@@H]1CC(OCC(=O)O)C[C@H](C)N1Cc1ccccc1. The van der Waals surface area contributed by atoms with Crippen molar-refractivity contribution in [3.05, 3.63) is 35.9 Å². The third-order valence-corrected chi connectivity index (χ3v) is 3.99. The molecule has 2 rings (SSSR count). The summed E-state index contributed by atoms with van der Waals surface area (Å²) >= 11 is 0. The molecule has 0 saturated carbocycles. The maximum absolute atomic E-state index is 10.6. The van der Waals surface area contributed by atoms with E-state index in [4.69, 9.17) is 9.84 Å². The van der Waals surface area contributed by atoms with Gasteiger partial charge in [0.1, 0.15) is 6.61 Å². The number of hydrogen-bond acceptors (Lipinski definition) is 3. The molecule has 1 aromatic rings. The largest absolute Gasteiger partial charge is 0.480 e. The van der Waals surface area contributed by atoms with Crippen molar-refractivity contribution in [1.82, 2.24) is 4.90 Å². The molecule has 1 heterocycles. The molecule has 3 atom stereocenters. The van der Waals surface area contributed by atoms with Crippen LogP contribution in [-0.4, -0.2) is 40.8 Å². The molecule has 1 aliphatic rings. The molecule has 20 heavy (non-hydrogen) atoms. The summed E-state index contributed by atoms with van der Waals surface area (Å²) in [4.78, 5) is 13.0. The number of carboxylic acid groups (broad SMARTS) is 1. The van der Waals surface area contributed by atoms with E-state index < -0.39 is 5.97 Å². The molecule has 1 aromatic carbocycles. The van der Waals surface area contributed by atoms with E-state index in [0.717, 1.165) is 19.4 Å². The van der Waals surface area contributed by atoms with Gasteiger partial charge in [-0.15, -0.1) is 0 Å². The number of rotatable bonds is 5. The van der Waals surface area contributed by atoms with E-state index in [2.05, 4.69) is 43.0 Å². The highest BCUT2D eigenvalue weighted by molar-refractivity contribution is 5.68. The molecular formula is C16H23NO3. The van der Waals surface area contributed by atoms with E-state index in [0.29, 0.717) is 12.1 Å². The fourth-order valence-electron chi connectivity index (χ4n) is 2.99. The number of aliphatic carboxylic acids is 1. The van der Waals surface area contributed by atoms with Gasteiger partial charge in [-0.05, 0) is 32.3 Å². The molecule has 0 aliphatic carbocycles. The average molecular weight is 277 g/mol. The number of piperidine rings is 1. The second kappa shape index (κ2) is 6.86. The van der Waals surface area contributed by atoms with E-state index in [1.165, 1.54) is 5.56 Å². The molecule has 1 fully saturated rings. The Morgan fingerprint density at radius 3 is 2.40 bits per heavy atom. The number of benzene rings is 1. The van der Waals surface area contributed by atoms with Gasteiger partial charge in [0.2, 0.25) is 0 Å². The molecule has 1 N–H and O–H groups in total. The first-order chi connectivity index (χ1) is 9.56. The van der Waals surface area contributed by atoms with E-state index in [9.17, 15) is 4.79 Å². The second-order valence-electron chi connectivity index (χ2n) is 5.65. The summed E-state index contributed by atoms with van der Waals surface area (Å²) in [6, 6.07) is 11.2. The summed E-state index contributed by atoms with van der Waals surface area (Å²) in [6.07, 6.45) is 1.85. The third-order valence-electron chi connectivity index (χ3n) is 3.99. The molecule has 0 aromatic heterocycles. The minimum atomic E-state index is -0.892. The van der Waals surface area contributed by atoms with Gasteiger partial charge in [0.25, 0.3) is 0 Å². The maximum atomic E-state index is 10.6. The van der Waals surface area contributed by atoms with Gasteiger partial charge in [0, 0.05) is 18.6 Å². The van der Waals surface area contributed by atoms with Crippen LogP contribution in [0, 0.1) is 0 Å². The smallest absolute Gasteiger partial charge is 0.329 e. The van der Waals surface area contributed by atoms with Gasteiger partial charge in [-0.3, -0.25) is 4.90 Å². The molecule has 4 heteroatoms. The van der Waals surface area contributed by atoms with E-state index in [-0.39, 0.29) is 12.7 Å². The monoisotopic (exact) mass is 277 g/mol. The van der Waals surface area contributed by atoms with Crippen molar-refractivity contribution >= 4 is 5.97 Å². The highest BCUT2D eigenvalue weighted by Crippen LogP contribution is 2.26. The molecule has 0 radical (unpaired) electrons. The maximum Gasteiger partial charge on any atom is 0.329 e. The quantitative estimate of drug-likeness (QED) is 0.898. The average Bonchev–Trinajstić information content (AvgIpc) is 2.42. The molecular weight excluding hydrogens is 254 g/mol. The molecule has 110 valence electrons. The first kappa shape index (κ1) is 15.0. The Hall–Kier alpha value is -1.39. The molecule has 1 aliphatic heterocycles. The van der Waals surface area contributed by atoms with Crippen molar-refractivity contribution in [2.24, 2.45) is 0 Å². The van der Waals surface area contributed by atoms with Crippen LogP contribution in [0.15, 0.2) is 30.3 Å². The van der Waals surface area contributed by atoms with Crippen LogP contribution < -0.4 is 0 Å². The Balaban J connectivity index is 1.91. The van der Waals surface area contributed by atoms with Crippen molar-refractivity contribution in [3.63, 3.8) is 0 Å². The van der Waals surface area contributed by atoms with Crippen molar-refractivity contribution in [3.8, 4) is 0 Å². The van der Waals surface area contributed by atoms with Crippen molar-refractivity contribution in [2.45, 2.75) is 51.4 Å². The molecule has 1 unspecified atom stereocenters. The first-order valence-corrected chi connectivity index (χ1v) is 7.19. The zero-order valence-corrected chi connectivity index (χ0v) is 12.2. The lowest BCUT2D eigenvalue weighted by Gasteiger charge is -2.42. The van der Waals surface area contributed by atoms with Crippen molar-refractivity contribution < 1.29 is 14.6 Å². The Bertz CT molecular complexity index is 423. The number of nitrogens with zero attached hydrogens (tertiary/aromatic N) is 1. The van der Waals surface area contributed by atoms with E-state index in [1.54, 1.807) is 0 Å². The minimum absolute atomic E-state index is 0.0584. The molecule has 0 bridgehead atoms. The fourth-order valence-corrected chi connectivity index (χ4v) is 2.99. The lowest BCUT2D eigenvalue weighted by atomic mass is 9.94. The normalized spacial score (nSPS) is 27.4. The summed E-state index contributed by atoms with van der Waals surface area (Å²) in [5.74, 6) is -0.892. The number of hydrogen-bond donors (Lipinski definition) is 1. The molecule has 0 amide bonds. The van der Waals surface area contributed by atoms with Gasteiger partial charge < -0.3 is 9.84 Å². The first-order valence-electron chi connectivity index (χ1n) is 7.19. The van der Waals surface area contributed by atoms with Crippen LogP contribution in [0.5, 0.6) is 0 Å². The Kier molecular flexibility index (Phi) is 5.15. The van der Waals surface area contributed by atoms with Gasteiger partial charge in [-0.2, -0.15) is 0 Å². The summed E-state index contributed by atoms with van der Waals surface area (Å²) in [7, 11) is 0. The molecule has 0 spiro atoms.